The van der Waals surface area contributed by atoms with Crippen LogP contribution in [0.15, 0.2) is 48.7 Å². The van der Waals surface area contributed by atoms with Crippen LogP contribution in [0.4, 0.5) is 0 Å². The maximum atomic E-state index is 12.1. The standard InChI is InChI=1S/C21H27N3OS/c25-21(17-26-16-20-10-4-5-11-22-20)23-14-18-8-2-3-9-19(18)15-24-12-6-1-7-13-24/h2-5,8-11H,1,6-7,12-17H2,(H,23,25). The molecule has 4 nitrogen and oxygen atoms in total. The average molecular weight is 370 g/mol. The second-order valence-electron chi connectivity index (χ2n) is 6.70. The van der Waals surface area contributed by atoms with Gasteiger partial charge in [0, 0.05) is 25.0 Å². The van der Waals surface area contributed by atoms with Gasteiger partial charge in [-0.2, -0.15) is 0 Å². The van der Waals surface area contributed by atoms with E-state index in [1.807, 2.05) is 18.2 Å². The Bertz CT molecular complexity index is 687. The average Bonchev–Trinajstić information content (AvgIpc) is 2.69. The first-order valence-electron chi connectivity index (χ1n) is 9.35. The molecule has 0 unspecified atom stereocenters. The Labute approximate surface area is 160 Å². The number of benzene rings is 1. The number of nitrogens with zero attached hydrogens (tertiary/aromatic N) is 2. The summed E-state index contributed by atoms with van der Waals surface area (Å²) in [6.07, 6.45) is 5.73. The molecule has 1 aromatic heterocycles. The van der Waals surface area contributed by atoms with E-state index in [1.54, 1.807) is 18.0 Å². The van der Waals surface area contributed by atoms with Gasteiger partial charge in [0.15, 0.2) is 0 Å². The zero-order valence-corrected chi connectivity index (χ0v) is 16.0. The molecular formula is C21H27N3OS. The minimum absolute atomic E-state index is 0.0821. The van der Waals surface area contributed by atoms with Crippen LogP contribution >= 0.6 is 11.8 Å². The molecular weight excluding hydrogens is 342 g/mol. The van der Waals surface area contributed by atoms with Crippen molar-refractivity contribution in [3.63, 3.8) is 0 Å². The van der Waals surface area contributed by atoms with E-state index >= 15 is 0 Å². The molecule has 1 N–H and O–H groups in total. The number of hydrogen-bond donors (Lipinski definition) is 1. The van der Waals surface area contributed by atoms with Gasteiger partial charge in [-0.05, 0) is 49.2 Å². The van der Waals surface area contributed by atoms with E-state index in [2.05, 4.69) is 39.5 Å². The third-order valence-corrected chi connectivity index (χ3v) is 5.61. The fourth-order valence-electron chi connectivity index (χ4n) is 3.22. The molecule has 0 saturated carbocycles. The van der Waals surface area contributed by atoms with Crippen molar-refractivity contribution < 1.29 is 4.79 Å². The van der Waals surface area contributed by atoms with Gasteiger partial charge in [-0.15, -0.1) is 11.8 Å². The third kappa shape index (κ3) is 6.15. The molecule has 3 rings (SSSR count). The number of carbonyl (C=O) groups is 1. The monoisotopic (exact) mass is 369 g/mol. The van der Waals surface area contributed by atoms with Gasteiger partial charge in [0.1, 0.15) is 0 Å². The highest BCUT2D eigenvalue weighted by atomic mass is 32.2. The summed E-state index contributed by atoms with van der Waals surface area (Å²) in [5.41, 5.74) is 3.56. The van der Waals surface area contributed by atoms with Crippen LogP contribution in [0.3, 0.4) is 0 Å². The molecule has 2 heterocycles. The van der Waals surface area contributed by atoms with Crippen molar-refractivity contribution >= 4 is 17.7 Å². The molecule has 0 radical (unpaired) electrons. The number of rotatable bonds is 8. The Balaban J connectivity index is 1.44. The molecule has 5 heteroatoms. The quantitative estimate of drug-likeness (QED) is 0.772. The first-order chi connectivity index (χ1) is 12.8. The van der Waals surface area contributed by atoms with Gasteiger partial charge in [-0.25, -0.2) is 0 Å². The minimum atomic E-state index is 0.0821. The van der Waals surface area contributed by atoms with Crippen molar-refractivity contribution in [3.8, 4) is 0 Å². The molecule has 0 aliphatic carbocycles. The molecule has 1 saturated heterocycles. The number of carbonyl (C=O) groups excluding carboxylic acids is 1. The van der Waals surface area contributed by atoms with Crippen LogP contribution in [0.2, 0.25) is 0 Å². The van der Waals surface area contributed by atoms with Crippen LogP contribution < -0.4 is 5.32 Å². The summed E-state index contributed by atoms with van der Waals surface area (Å²) in [4.78, 5) is 18.9. The fraction of sp³-hybridized carbons (Fsp3) is 0.429. The molecule has 0 bridgehead atoms. The van der Waals surface area contributed by atoms with Crippen LogP contribution in [-0.4, -0.2) is 34.6 Å². The van der Waals surface area contributed by atoms with Crippen LogP contribution in [0.25, 0.3) is 0 Å². The predicted molar refractivity (Wildman–Crippen MR) is 108 cm³/mol. The normalized spacial score (nSPS) is 14.9. The number of pyridine rings is 1. The van der Waals surface area contributed by atoms with Crippen LogP contribution in [-0.2, 0) is 23.6 Å². The zero-order valence-electron chi connectivity index (χ0n) is 15.2. The Kier molecular flexibility index (Phi) is 7.52. The van der Waals surface area contributed by atoms with Gasteiger partial charge in [-0.3, -0.25) is 14.7 Å². The van der Waals surface area contributed by atoms with Crippen molar-refractivity contribution in [1.82, 2.24) is 15.2 Å². The Morgan fingerprint density at radius 1 is 1.04 bits per heavy atom. The lowest BCUT2D eigenvalue weighted by Crippen LogP contribution is -2.30. The number of nitrogens with one attached hydrogen (secondary N) is 1. The molecule has 1 aromatic carbocycles. The van der Waals surface area contributed by atoms with E-state index in [0.717, 1.165) is 18.0 Å². The van der Waals surface area contributed by atoms with Gasteiger partial charge in [-0.1, -0.05) is 36.8 Å². The highest BCUT2D eigenvalue weighted by molar-refractivity contribution is 7.99. The number of piperidine rings is 1. The smallest absolute Gasteiger partial charge is 0.230 e. The highest BCUT2D eigenvalue weighted by Gasteiger charge is 2.12. The Morgan fingerprint density at radius 3 is 2.58 bits per heavy atom. The highest BCUT2D eigenvalue weighted by Crippen LogP contribution is 2.16. The second kappa shape index (κ2) is 10.3. The molecule has 1 fully saturated rings. The van der Waals surface area contributed by atoms with Gasteiger partial charge in [0.2, 0.25) is 5.91 Å². The maximum absolute atomic E-state index is 12.1. The van der Waals surface area contributed by atoms with Crippen molar-refractivity contribution in [2.75, 3.05) is 18.8 Å². The lowest BCUT2D eigenvalue weighted by Gasteiger charge is -2.27. The maximum Gasteiger partial charge on any atom is 0.230 e. The van der Waals surface area contributed by atoms with Crippen LogP contribution in [0.5, 0.6) is 0 Å². The van der Waals surface area contributed by atoms with E-state index in [-0.39, 0.29) is 5.91 Å². The van der Waals surface area contributed by atoms with E-state index in [0.29, 0.717) is 12.3 Å². The van der Waals surface area contributed by atoms with Crippen LogP contribution in [0, 0.1) is 0 Å². The van der Waals surface area contributed by atoms with Crippen molar-refractivity contribution in [2.24, 2.45) is 0 Å². The van der Waals surface area contributed by atoms with Gasteiger partial charge in [0.05, 0.1) is 11.4 Å². The van der Waals surface area contributed by atoms with Gasteiger partial charge >= 0.3 is 0 Å². The summed E-state index contributed by atoms with van der Waals surface area (Å²) in [7, 11) is 0. The first kappa shape index (κ1) is 18.9. The van der Waals surface area contributed by atoms with Crippen molar-refractivity contribution in [3.05, 3.63) is 65.5 Å². The summed E-state index contributed by atoms with van der Waals surface area (Å²) >= 11 is 1.60. The summed E-state index contributed by atoms with van der Waals surface area (Å²) < 4.78 is 0. The summed E-state index contributed by atoms with van der Waals surface area (Å²) in [5.74, 6) is 1.31. The number of aromatic nitrogens is 1. The Hall–Kier alpha value is -1.85. The fourth-order valence-corrected chi connectivity index (χ4v) is 3.99. The molecule has 1 amide bonds. The van der Waals surface area contributed by atoms with E-state index in [9.17, 15) is 4.79 Å². The largest absolute Gasteiger partial charge is 0.351 e. The zero-order chi connectivity index (χ0) is 18.0. The molecule has 2 aromatic rings. The molecule has 1 aliphatic rings. The molecule has 138 valence electrons. The summed E-state index contributed by atoms with van der Waals surface area (Å²) in [6, 6.07) is 14.3. The summed E-state index contributed by atoms with van der Waals surface area (Å²) in [6.45, 7) is 3.96. The minimum Gasteiger partial charge on any atom is -0.351 e. The Morgan fingerprint density at radius 2 is 1.81 bits per heavy atom. The van der Waals surface area contributed by atoms with Crippen LogP contribution in [0.1, 0.15) is 36.1 Å². The van der Waals surface area contributed by atoms with Crippen molar-refractivity contribution in [1.29, 1.82) is 0 Å². The molecule has 26 heavy (non-hydrogen) atoms. The first-order valence-corrected chi connectivity index (χ1v) is 10.5. The van der Waals surface area contributed by atoms with Gasteiger partial charge < -0.3 is 5.32 Å². The predicted octanol–water partition coefficient (Wildman–Crippen LogP) is 3.62. The summed E-state index contributed by atoms with van der Waals surface area (Å²) in [5, 5.41) is 3.06. The molecule has 0 atom stereocenters. The van der Waals surface area contributed by atoms with Gasteiger partial charge in [0.25, 0.3) is 0 Å². The van der Waals surface area contributed by atoms with Crippen molar-refractivity contribution in [2.45, 2.75) is 38.1 Å². The lowest BCUT2D eigenvalue weighted by atomic mass is 10.0. The van der Waals surface area contributed by atoms with E-state index < -0.39 is 0 Å². The SMILES string of the molecule is O=C(CSCc1ccccn1)NCc1ccccc1CN1CCCCC1. The molecule has 1 aliphatic heterocycles. The van der Waals surface area contributed by atoms with E-state index in [4.69, 9.17) is 0 Å². The lowest BCUT2D eigenvalue weighted by molar-refractivity contribution is -0.118. The van der Waals surface area contributed by atoms with E-state index in [1.165, 1.54) is 43.5 Å². The number of amides is 1. The third-order valence-electron chi connectivity index (χ3n) is 4.65. The molecule has 0 spiro atoms. The second-order valence-corrected chi connectivity index (χ2v) is 7.68. The number of hydrogen-bond acceptors (Lipinski definition) is 4. The topological polar surface area (TPSA) is 45.2 Å². The number of likely N-dealkylation sites (tertiary alicyclic amines) is 1. The number of thioether (sulfide) groups is 1.